The second kappa shape index (κ2) is 4.56. The second-order valence-electron chi connectivity index (χ2n) is 4.63. The van der Waals surface area contributed by atoms with Gasteiger partial charge in [-0.05, 0) is 25.0 Å². The van der Waals surface area contributed by atoms with Crippen LogP contribution in [0.1, 0.15) is 29.5 Å². The summed E-state index contributed by atoms with van der Waals surface area (Å²) >= 11 is 0. The quantitative estimate of drug-likeness (QED) is 0.763. The van der Waals surface area contributed by atoms with Crippen molar-refractivity contribution in [1.82, 2.24) is 0 Å². The van der Waals surface area contributed by atoms with Crippen molar-refractivity contribution in [2.45, 2.75) is 32.3 Å². The van der Waals surface area contributed by atoms with Gasteiger partial charge in [-0.2, -0.15) is 0 Å². The molecule has 1 aromatic rings. The van der Waals surface area contributed by atoms with Crippen molar-refractivity contribution in [2.75, 3.05) is 20.3 Å². The molecule has 0 aliphatic carbocycles. The monoisotopic (exact) mass is 220 g/mol. The number of hydrogen-bond donors (Lipinski definition) is 0. The van der Waals surface area contributed by atoms with E-state index in [1.54, 1.807) is 0 Å². The minimum atomic E-state index is -0.131. The minimum Gasteiger partial charge on any atom is -0.381 e. The Balaban J connectivity index is 2.42. The van der Waals surface area contributed by atoms with E-state index in [0.717, 1.165) is 26.1 Å². The summed E-state index contributed by atoms with van der Waals surface area (Å²) in [7, 11) is 1.81. The molecule has 1 saturated heterocycles. The molecule has 2 heteroatoms. The maximum Gasteiger partial charge on any atom is 0.0974 e. The highest BCUT2D eigenvalue weighted by atomic mass is 16.5. The first kappa shape index (κ1) is 11.6. The molecule has 0 spiro atoms. The molecule has 1 aliphatic rings. The van der Waals surface area contributed by atoms with Gasteiger partial charge < -0.3 is 9.47 Å². The van der Waals surface area contributed by atoms with Gasteiger partial charge in [0, 0.05) is 33.2 Å². The molecule has 0 N–H and O–H groups in total. The molecule has 88 valence electrons. The molecule has 1 aliphatic heterocycles. The highest BCUT2D eigenvalue weighted by molar-refractivity contribution is 5.35. The van der Waals surface area contributed by atoms with Crippen LogP contribution in [0.15, 0.2) is 18.2 Å². The normalized spacial score (nSPS) is 19.7. The molecule has 0 bridgehead atoms. The average Bonchev–Trinajstić information content (AvgIpc) is 2.33. The summed E-state index contributed by atoms with van der Waals surface area (Å²) in [6.07, 6.45) is 1.90. The fourth-order valence-electron chi connectivity index (χ4n) is 2.51. The van der Waals surface area contributed by atoms with Crippen LogP contribution < -0.4 is 0 Å². The third-order valence-corrected chi connectivity index (χ3v) is 3.58. The summed E-state index contributed by atoms with van der Waals surface area (Å²) in [5, 5.41) is 0. The summed E-state index contributed by atoms with van der Waals surface area (Å²) in [4.78, 5) is 0. The molecular weight excluding hydrogens is 200 g/mol. The van der Waals surface area contributed by atoms with Crippen molar-refractivity contribution >= 4 is 0 Å². The number of ether oxygens (including phenoxy) is 2. The standard InChI is InChI=1S/C14H20O2/c1-11-4-5-12(2)13(10-11)14(15-3)6-8-16-9-7-14/h4-5,10H,6-9H2,1-3H3. The third-order valence-electron chi connectivity index (χ3n) is 3.58. The first-order valence-corrected chi connectivity index (χ1v) is 5.88. The van der Waals surface area contributed by atoms with Crippen LogP contribution in [0, 0.1) is 13.8 Å². The van der Waals surface area contributed by atoms with Gasteiger partial charge >= 0.3 is 0 Å². The van der Waals surface area contributed by atoms with Crippen molar-refractivity contribution in [1.29, 1.82) is 0 Å². The molecule has 1 fully saturated rings. The van der Waals surface area contributed by atoms with Crippen molar-refractivity contribution in [2.24, 2.45) is 0 Å². The zero-order chi connectivity index (χ0) is 11.6. The van der Waals surface area contributed by atoms with Crippen molar-refractivity contribution < 1.29 is 9.47 Å². The van der Waals surface area contributed by atoms with E-state index in [1.807, 2.05) is 7.11 Å². The predicted octanol–water partition coefficient (Wildman–Crippen LogP) is 2.96. The van der Waals surface area contributed by atoms with Gasteiger partial charge in [-0.15, -0.1) is 0 Å². The molecule has 1 aromatic carbocycles. The Hall–Kier alpha value is -0.860. The maximum absolute atomic E-state index is 5.82. The van der Waals surface area contributed by atoms with Crippen molar-refractivity contribution in [3.05, 3.63) is 34.9 Å². The van der Waals surface area contributed by atoms with Crippen LogP contribution >= 0.6 is 0 Å². The van der Waals surface area contributed by atoms with E-state index < -0.39 is 0 Å². The maximum atomic E-state index is 5.82. The fraction of sp³-hybridized carbons (Fsp3) is 0.571. The lowest BCUT2D eigenvalue weighted by Gasteiger charge is -2.37. The predicted molar refractivity (Wildman–Crippen MR) is 64.7 cm³/mol. The molecule has 0 atom stereocenters. The molecule has 0 saturated carbocycles. The zero-order valence-corrected chi connectivity index (χ0v) is 10.4. The summed E-state index contributed by atoms with van der Waals surface area (Å²) < 4.78 is 11.3. The summed E-state index contributed by atoms with van der Waals surface area (Å²) in [5.74, 6) is 0. The lowest BCUT2D eigenvalue weighted by molar-refractivity contribution is -0.0951. The van der Waals surface area contributed by atoms with E-state index in [0.29, 0.717) is 0 Å². The second-order valence-corrected chi connectivity index (χ2v) is 4.63. The van der Waals surface area contributed by atoms with E-state index in [-0.39, 0.29) is 5.60 Å². The Morgan fingerprint density at radius 2 is 1.88 bits per heavy atom. The lowest BCUT2D eigenvalue weighted by atomic mass is 9.83. The van der Waals surface area contributed by atoms with Gasteiger partial charge in [0.1, 0.15) is 0 Å². The number of benzene rings is 1. The van der Waals surface area contributed by atoms with Crippen molar-refractivity contribution in [3.63, 3.8) is 0 Å². The van der Waals surface area contributed by atoms with E-state index in [2.05, 4.69) is 32.0 Å². The summed E-state index contributed by atoms with van der Waals surface area (Å²) in [6.45, 7) is 5.87. The van der Waals surface area contributed by atoms with Crippen LogP contribution in [-0.2, 0) is 15.1 Å². The largest absolute Gasteiger partial charge is 0.381 e. The first-order chi connectivity index (χ1) is 7.68. The fourth-order valence-corrected chi connectivity index (χ4v) is 2.51. The summed E-state index contributed by atoms with van der Waals surface area (Å²) in [6, 6.07) is 6.59. The molecule has 0 amide bonds. The van der Waals surface area contributed by atoms with Gasteiger partial charge in [0.05, 0.1) is 5.60 Å². The van der Waals surface area contributed by atoms with E-state index in [9.17, 15) is 0 Å². The Kier molecular flexibility index (Phi) is 3.31. The molecule has 0 unspecified atom stereocenters. The molecule has 0 radical (unpaired) electrons. The zero-order valence-electron chi connectivity index (χ0n) is 10.4. The topological polar surface area (TPSA) is 18.5 Å². The van der Waals surface area contributed by atoms with Crippen LogP contribution in [0.25, 0.3) is 0 Å². The van der Waals surface area contributed by atoms with Gasteiger partial charge in [-0.25, -0.2) is 0 Å². The van der Waals surface area contributed by atoms with Crippen molar-refractivity contribution in [3.8, 4) is 0 Å². The Bertz CT molecular complexity index is 365. The SMILES string of the molecule is COC1(c2cc(C)ccc2C)CCOCC1. The van der Waals surface area contributed by atoms with E-state index in [4.69, 9.17) is 9.47 Å². The minimum absolute atomic E-state index is 0.131. The Morgan fingerprint density at radius 1 is 1.19 bits per heavy atom. The van der Waals surface area contributed by atoms with Crippen LogP contribution in [0.5, 0.6) is 0 Å². The first-order valence-electron chi connectivity index (χ1n) is 5.88. The highest BCUT2D eigenvalue weighted by Crippen LogP contribution is 2.37. The molecule has 16 heavy (non-hydrogen) atoms. The van der Waals surface area contributed by atoms with Crippen LogP contribution in [-0.4, -0.2) is 20.3 Å². The van der Waals surface area contributed by atoms with Gasteiger partial charge in [-0.3, -0.25) is 0 Å². The van der Waals surface area contributed by atoms with E-state index >= 15 is 0 Å². The molecular formula is C14H20O2. The Morgan fingerprint density at radius 3 is 2.50 bits per heavy atom. The summed E-state index contributed by atoms with van der Waals surface area (Å²) in [5.41, 5.74) is 3.81. The lowest BCUT2D eigenvalue weighted by Crippen LogP contribution is -2.36. The molecule has 1 heterocycles. The average molecular weight is 220 g/mol. The van der Waals surface area contributed by atoms with Gasteiger partial charge in [0.2, 0.25) is 0 Å². The molecule has 2 rings (SSSR count). The van der Waals surface area contributed by atoms with Crippen LogP contribution in [0.4, 0.5) is 0 Å². The number of hydrogen-bond acceptors (Lipinski definition) is 2. The Labute approximate surface area is 97.6 Å². The van der Waals surface area contributed by atoms with Crippen LogP contribution in [0.2, 0.25) is 0 Å². The number of aryl methyl sites for hydroxylation is 2. The number of rotatable bonds is 2. The van der Waals surface area contributed by atoms with E-state index in [1.165, 1.54) is 16.7 Å². The van der Waals surface area contributed by atoms with Crippen LogP contribution in [0.3, 0.4) is 0 Å². The van der Waals surface area contributed by atoms with Gasteiger partial charge in [0.15, 0.2) is 0 Å². The number of methoxy groups -OCH3 is 1. The van der Waals surface area contributed by atoms with Gasteiger partial charge in [-0.1, -0.05) is 23.8 Å². The highest BCUT2D eigenvalue weighted by Gasteiger charge is 2.35. The molecule has 0 aromatic heterocycles. The third kappa shape index (κ3) is 2.00. The molecule has 2 nitrogen and oxygen atoms in total. The smallest absolute Gasteiger partial charge is 0.0974 e. The van der Waals surface area contributed by atoms with Gasteiger partial charge in [0.25, 0.3) is 0 Å².